The quantitative estimate of drug-likeness (QED) is 0.586. The Morgan fingerprint density at radius 2 is 2.54 bits per heavy atom. The molecule has 5 nitrogen and oxygen atoms in total. The van der Waals surface area contributed by atoms with Gasteiger partial charge in [0.15, 0.2) is 0 Å². The van der Waals surface area contributed by atoms with Gasteiger partial charge in [0.2, 0.25) is 0 Å². The van der Waals surface area contributed by atoms with Gasteiger partial charge in [-0.3, -0.25) is 4.90 Å². The van der Waals surface area contributed by atoms with Gasteiger partial charge < -0.3 is 15.8 Å². The molecular weight excluding hydrogens is 170 g/mol. The Morgan fingerprint density at radius 1 is 1.69 bits per heavy atom. The summed E-state index contributed by atoms with van der Waals surface area (Å²) in [6, 6.07) is 0.296. The van der Waals surface area contributed by atoms with Crippen molar-refractivity contribution in [3.05, 3.63) is 0 Å². The number of nitrogens with two attached hydrogens (primary N) is 1. The van der Waals surface area contributed by atoms with Crippen molar-refractivity contribution in [1.82, 2.24) is 10.2 Å². The van der Waals surface area contributed by atoms with Gasteiger partial charge in [0, 0.05) is 19.1 Å². The Labute approximate surface area is 77.2 Å². The SMILES string of the molecule is N[C@H]1CCN(CC2CNC(=O)O2)C1. The molecule has 3 N–H and O–H groups in total. The number of nitrogens with one attached hydrogen (secondary N) is 1. The Morgan fingerprint density at radius 3 is 3.08 bits per heavy atom. The molecule has 0 aromatic rings. The Balaban J connectivity index is 1.75. The van der Waals surface area contributed by atoms with E-state index >= 15 is 0 Å². The van der Waals surface area contributed by atoms with Crippen molar-refractivity contribution in [3.8, 4) is 0 Å². The Bertz CT molecular complexity index is 210. The molecule has 0 bridgehead atoms. The van der Waals surface area contributed by atoms with Gasteiger partial charge in [0.05, 0.1) is 6.54 Å². The number of hydrogen-bond acceptors (Lipinski definition) is 4. The van der Waals surface area contributed by atoms with E-state index in [-0.39, 0.29) is 12.2 Å². The molecule has 0 aromatic heterocycles. The van der Waals surface area contributed by atoms with E-state index < -0.39 is 0 Å². The number of carbonyl (C=O) groups excluding carboxylic acids is 1. The maximum Gasteiger partial charge on any atom is 0.407 e. The summed E-state index contributed by atoms with van der Waals surface area (Å²) >= 11 is 0. The first-order valence-electron chi connectivity index (χ1n) is 4.66. The molecule has 1 amide bonds. The topological polar surface area (TPSA) is 67.6 Å². The molecule has 2 heterocycles. The molecule has 2 fully saturated rings. The van der Waals surface area contributed by atoms with Gasteiger partial charge >= 0.3 is 6.09 Å². The third-order valence-corrected chi connectivity index (χ3v) is 2.52. The Hall–Kier alpha value is -0.810. The lowest BCUT2D eigenvalue weighted by molar-refractivity contribution is 0.116. The normalized spacial score (nSPS) is 34.7. The van der Waals surface area contributed by atoms with Crippen molar-refractivity contribution in [2.75, 3.05) is 26.2 Å². The second-order valence-corrected chi connectivity index (χ2v) is 3.72. The molecule has 5 heteroatoms. The predicted octanol–water partition coefficient (Wildman–Crippen LogP) is -0.872. The van der Waals surface area contributed by atoms with E-state index in [9.17, 15) is 4.79 Å². The fourth-order valence-corrected chi connectivity index (χ4v) is 1.85. The van der Waals surface area contributed by atoms with Crippen LogP contribution in [0.4, 0.5) is 4.79 Å². The number of nitrogens with zero attached hydrogens (tertiary/aromatic N) is 1. The monoisotopic (exact) mass is 185 g/mol. The van der Waals surface area contributed by atoms with Crippen LogP contribution in [-0.2, 0) is 4.74 Å². The first-order valence-corrected chi connectivity index (χ1v) is 4.66. The zero-order chi connectivity index (χ0) is 9.26. The van der Waals surface area contributed by atoms with Crippen LogP contribution in [0.1, 0.15) is 6.42 Å². The molecule has 2 aliphatic rings. The average molecular weight is 185 g/mol. The summed E-state index contributed by atoms with van der Waals surface area (Å²) in [6.07, 6.45) is 0.764. The van der Waals surface area contributed by atoms with E-state index in [0.29, 0.717) is 12.6 Å². The van der Waals surface area contributed by atoms with Crippen LogP contribution in [0.15, 0.2) is 0 Å². The fraction of sp³-hybridized carbons (Fsp3) is 0.875. The van der Waals surface area contributed by atoms with Gasteiger partial charge in [-0.05, 0) is 13.0 Å². The smallest absolute Gasteiger partial charge is 0.407 e. The van der Waals surface area contributed by atoms with Crippen LogP contribution in [-0.4, -0.2) is 49.3 Å². The van der Waals surface area contributed by atoms with E-state index in [4.69, 9.17) is 10.5 Å². The molecule has 1 unspecified atom stereocenters. The largest absolute Gasteiger partial charge is 0.443 e. The summed E-state index contributed by atoms with van der Waals surface area (Å²) in [7, 11) is 0. The molecule has 0 spiro atoms. The zero-order valence-corrected chi connectivity index (χ0v) is 7.53. The number of hydrogen-bond donors (Lipinski definition) is 2. The second kappa shape index (κ2) is 3.51. The highest BCUT2D eigenvalue weighted by Gasteiger charge is 2.27. The molecule has 74 valence electrons. The highest BCUT2D eigenvalue weighted by Crippen LogP contribution is 2.10. The van der Waals surface area contributed by atoms with Crippen molar-refractivity contribution in [1.29, 1.82) is 0 Å². The molecule has 2 saturated heterocycles. The highest BCUT2D eigenvalue weighted by atomic mass is 16.6. The first-order chi connectivity index (χ1) is 6.24. The summed E-state index contributed by atoms with van der Waals surface area (Å²) in [5.74, 6) is 0. The van der Waals surface area contributed by atoms with Crippen LogP contribution in [0.5, 0.6) is 0 Å². The van der Waals surface area contributed by atoms with E-state index in [1.54, 1.807) is 0 Å². The lowest BCUT2D eigenvalue weighted by atomic mass is 10.3. The molecule has 0 aliphatic carbocycles. The minimum Gasteiger partial charge on any atom is -0.443 e. The minimum atomic E-state index is -0.298. The fourth-order valence-electron chi connectivity index (χ4n) is 1.85. The molecule has 2 atom stereocenters. The number of likely N-dealkylation sites (tertiary alicyclic amines) is 1. The number of carbonyl (C=O) groups is 1. The van der Waals surface area contributed by atoms with Gasteiger partial charge in [-0.2, -0.15) is 0 Å². The summed E-state index contributed by atoms with van der Waals surface area (Å²) in [5.41, 5.74) is 5.76. The third-order valence-electron chi connectivity index (χ3n) is 2.52. The number of alkyl carbamates (subject to hydrolysis) is 1. The van der Waals surface area contributed by atoms with E-state index in [1.807, 2.05) is 0 Å². The second-order valence-electron chi connectivity index (χ2n) is 3.72. The van der Waals surface area contributed by atoms with E-state index in [0.717, 1.165) is 26.1 Å². The number of rotatable bonds is 2. The molecular formula is C8H15N3O2. The predicted molar refractivity (Wildman–Crippen MR) is 47.3 cm³/mol. The number of cyclic esters (lactones) is 1. The molecule has 0 saturated carbocycles. The number of ether oxygens (including phenoxy) is 1. The van der Waals surface area contributed by atoms with Gasteiger partial charge in [-0.15, -0.1) is 0 Å². The van der Waals surface area contributed by atoms with E-state index in [1.165, 1.54) is 0 Å². The van der Waals surface area contributed by atoms with Crippen LogP contribution >= 0.6 is 0 Å². The molecule has 13 heavy (non-hydrogen) atoms. The van der Waals surface area contributed by atoms with Gasteiger partial charge in [-0.1, -0.05) is 0 Å². The van der Waals surface area contributed by atoms with Crippen molar-refractivity contribution < 1.29 is 9.53 Å². The van der Waals surface area contributed by atoms with Gasteiger partial charge in [0.25, 0.3) is 0 Å². The molecule has 0 aromatic carbocycles. The van der Waals surface area contributed by atoms with Crippen molar-refractivity contribution >= 4 is 6.09 Å². The van der Waals surface area contributed by atoms with Gasteiger partial charge in [0.1, 0.15) is 6.10 Å². The van der Waals surface area contributed by atoms with Crippen LogP contribution < -0.4 is 11.1 Å². The van der Waals surface area contributed by atoms with Crippen LogP contribution in [0.2, 0.25) is 0 Å². The zero-order valence-electron chi connectivity index (χ0n) is 7.53. The highest BCUT2D eigenvalue weighted by molar-refractivity contribution is 5.69. The lowest BCUT2D eigenvalue weighted by Gasteiger charge is -2.17. The van der Waals surface area contributed by atoms with E-state index in [2.05, 4.69) is 10.2 Å². The lowest BCUT2D eigenvalue weighted by Crippen LogP contribution is -2.34. The summed E-state index contributed by atoms with van der Waals surface area (Å²) in [5, 5.41) is 2.64. The van der Waals surface area contributed by atoms with Crippen molar-refractivity contribution in [2.24, 2.45) is 5.73 Å². The summed E-state index contributed by atoms with van der Waals surface area (Å²) in [6.45, 7) is 3.39. The average Bonchev–Trinajstić information content (AvgIpc) is 2.62. The standard InChI is InChI=1S/C8H15N3O2/c9-6-1-2-11(4-6)5-7-3-10-8(12)13-7/h6-7H,1-5,9H2,(H,10,12)/t6-,7?/m0/s1. The molecule has 2 aliphatic heterocycles. The third kappa shape index (κ3) is 2.10. The summed E-state index contributed by atoms with van der Waals surface area (Å²) < 4.78 is 5.03. The maximum absolute atomic E-state index is 10.7. The maximum atomic E-state index is 10.7. The van der Waals surface area contributed by atoms with Crippen molar-refractivity contribution in [3.63, 3.8) is 0 Å². The summed E-state index contributed by atoms with van der Waals surface area (Å²) in [4.78, 5) is 13.0. The van der Waals surface area contributed by atoms with Crippen LogP contribution in [0.25, 0.3) is 0 Å². The van der Waals surface area contributed by atoms with Crippen molar-refractivity contribution in [2.45, 2.75) is 18.6 Å². The Kier molecular flexibility index (Phi) is 2.37. The molecule has 2 rings (SSSR count). The number of amides is 1. The van der Waals surface area contributed by atoms with Crippen LogP contribution in [0.3, 0.4) is 0 Å². The first kappa shape index (κ1) is 8.77. The van der Waals surface area contributed by atoms with Gasteiger partial charge in [-0.25, -0.2) is 4.79 Å². The minimum absolute atomic E-state index is 0.0119. The van der Waals surface area contributed by atoms with Crippen LogP contribution in [0, 0.1) is 0 Å². The molecule has 0 radical (unpaired) electrons.